The van der Waals surface area contributed by atoms with Crippen molar-refractivity contribution in [3.8, 4) is 22.5 Å². The molecule has 1 saturated carbocycles. The molecule has 3 N–H and O–H groups in total. The van der Waals surface area contributed by atoms with Crippen molar-refractivity contribution in [3.05, 3.63) is 65.8 Å². The molecular weight excluding hydrogens is 542 g/mol. The molecule has 0 bridgehead atoms. The van der Waals surface area contributed by atoms with E-state index in [2.05, 4.69) is 97.6 Å². The first-order valence-corrected chi connectivity index (χ1v) is 15.7. The number of aryl methyl sites for hydroxylation is 1. The van der Waals surface area contributed by atoms with Crippen molar-refractivity contribution in [1.82, 2.24) is 34.5 Å². The summed E-state index contributed by atoms with van der Waals surface area (Å²) < 4.78 is 2.12. The molecule has 2 aromatic carbocycles. The highest BCUT2D eigenvalue weighted by Gasteiger charge is 2.30. The predicted octanol–water partition coefficient (Wildman–Crippen LogP) is 5.98. The van der Waals surface area contributed by atoms with Crippen LogP contribution >= 0.6 is 11.3 Å². The molecule has 42 heavy (non-hydrogen) atoms. The lowest BCUT2D eigenvalue weighted by molar-refractivity contribution is 0.0815. The number of hydrogen-bond donors (Lipinski definition) is 2. The molecule has 4 heterocycles. The van der Waals surface area contributed by atoms with Gasteiger partial charge in [-0.1, -0.05) is 42.0 Å². The summed E-state index contributed by atoms with van der Waals surface area (Å²) in [5.74, 6) is 0.473. The van der Waals surface area contributed by atoms with Crippen molar-refractivity contribution in [2.24, 2.45) is 0 Å². The third-order valence-electron chi connectivity index (χ3n) is 8.85. The number of benzene rings is 2. The van der Waals surface area contributed by atoms with Gasteiger partial charge in [-0.3, -0.25) is 4.90 Å². The Balaban J connectivity index is 1.09. The Hall–Kier alpha value is -3.86. The van der Waals surface area contributed by atoms with Crippen LogP contribution in [-0.2, 0) is 0 Å². The number of anilines is 3. The SMILES string of the molecule is Cc1ccc(-c2csc(Nc3ccc(-c4nn([C@H]5CC[C@@H](N6CCN(C)CC6)CC5)c5ncnc(N)c45)cc3)n2)cc1. The number of rotatable bonds is 6. The summed E-state index contributed by atoms with van der Waals surface area (Å²) >= 11 is 1.60. The highest BCUT2D eigenvalue weighted by molar-refractivity contribution is 7.14. The van der Waals surface area contributed by atoms with Gasteiger partial charge in [0.15, 0.2) is 10.8 Å². The fourth-order valence-corrected chi connectivity index (χ4v) is 7.07. The third-order valence-corrected chi connectivity index (χ3v) is 9.60. The number of piperazine rings is 1. The summed E-state index contributed by atoms with van der Waals surface area (Å²) in [5.41, 5.74) is 13.4. The van der Waals surface area contributed by atoms with E-state index in [1.165, 1.54) is 31.5 Å². The van der Waals surface area contributed by atoms with Gasteiger partial charge >= 0.3 is 0 Å². The number of aromatic nitrogens is 5. The molecule has 5 aromatic rings. The van der Waals surface area contributed by atoms with Crippen LogP contribution in [-0.4, -0.2) is 73.8 Å². The molecule has 0 unspecified atom stereocenters. The molecular formula is C32H37N9S. The number of fused-ring (bicyclic) bond motifs is 1. The normalized spacial score (nSPS) is 20.2. The molecule has 0 spiro atoms. The molecule has 2 aliphatic rings. The number of likely N-dealkylation sites (N-methyl/N-ethyl adjacent to an activating group) is 1. The summed E-state index contributed by atoms with van der Waals surface area (Å²) in [6, 6.07) is 17.7. The van der Waals surface area contributed by atoms with Gasteiger partial charge in [0, 0.05) is 54.4 Å². The van der Waals surface area contributed by atoms with Crippen LogP contribution in [0.1, 0.15) is 37.3 Å². The molecule has 3 aromatic heterocycles. The quantitative estimate of drug-likeness (QED) is 0.253. The largest absolute Gasteiger partial charge is 0.383 e. The second-order valence-electron chi connectivity index (χ2n) is 11.7. The van der Waals surface area contributed by atoms with Crippen molar-refractivity contribution < 1.29 is 0 Å². The summed E-state index contributed by atoms with van der Waals surface area (Å²) in [6.45, 7) is 6.76. The number of nitrogens with zero attached hydrogens (tertiary/aromatic N) is 7. The van der Waals surface area contributed by atoms with E-state index in [9.17, 15) is 0 Å². The van der Waals surface area contributed by atoms with Gasteiger partial charge in [0.2, 0.25) is 0 Å². The van der Waals surface area contributed by atoms with Gasteiger partial charge in [0.25, 0.3) is 0 Å². The van der Waals surface area contributed by atoms with Crippen molar-refractivity contribution in [3.63, 3.8) is 0 Å². The van der Waals surface area contributed by atoms with Crippen LogP contribution in [0.2, 0.25) is 0 Å². The lowest BCUT2D eigenvalue weighted by Crippen LogP contribution is -2.49. The van der Waals surface area contributed by atoms with E-state index < -0.39 is 0 Å². The van der Waals surface area contributed by atoms with Gasteiger partial charge in [-0.25, -0.2) is 19.6 Å². The maximum Gasteiger partial charge on any atom is 0.187 e. The predicted molar refractivity (Wildman–Crippen MR) is 171 cm³/mol. The fraction of sp³-hybridized carbons (Fsp3) is 0.375. The van der Waals surface area contributed by atoms with E-state index in [0.717, 1.165) is 70.3 Å². The minimum absolute atomic E-state index is 0.313. The first-order chi connectivity index (χ1) is 20.5. The zero-order chi connectivity index (χ0) is 28.6. The first kappa shape index (κ1) is 27.0. The number of nitrogens with two attached hydrogens (primary N) is 1. The zero-order valence-corrected chi connectivity index (χ0v) is 25.0. The van der Waals surface area contributed by atoms with Gasteiger partial charge in [-0.05, 0) is 51.8 Å². The minimum Gasteiger partial charge on any atom is -0.383 e. The van der Waals surface area contributed by atoms with Gasteiger partial charge in [0.1, 0.15) is 17.8 Å². The molecule has 9 nitrogen and oxygen atoms in total. The molecule has 216 valence electrons. The van der Waals surface area contributed by atoms with Gasteiger partial charge in [-0.2, -0.15) is 5.10 Å². The Bertz CT molecular complexity index is 1660. The van der Waals surface area contributed by atoms with Crippen LogP contribution in [0.5, 0.6) is 0 Å². The molecule has 10 heteroatoms. The first-order valence-electron chi connectivity index (χ1n) is 14.8. The number of nitrogens with one attached hydrogen (secondary N) is 1. The van der Waals surface area contributed by atoms with E-state index in [-0.39, 0.29) is 0 Å². The number of nitrogen functional groups attached to an aromatic ring is 1. The Morgan fingerprint density at radius 2 is 1.55 bits per heavy atom. The van der Waals surface area contributed by atoms with Crippen molar-refractivity contribution in [2.75, 3.05) is 44.3 Å². The second-order valence-corrected chi connectivity index (χ2v) is 12.5. The number of hydrogen-bond acceptors (Lipinski definition) is 9. The summed E-state index contributed by atoms with van der Waals surface area (Å²) in [7, 11) is 2.22. The molecule has 0 atom stereocenters. The van der Waals surface area contributed by atoms with E-state index in [1.807, 2.05) is 0 Å². The van der Waals surface area contributed by atoms with Crippen molar-refractivity contribution in [1.29, 1.82) is 0 Å². The molecule has 0 amide bonds. The van der Waals surface area contributed by atoms with Gasteiger partial charge in [-0.15, -0.1) is 11.3 Å². The van der Waals surface area contributed by atoms with Crippen LogP contribution in [0.3, 0.4) is 0 Å². The Morgan fingerprint density at radius 3 is 2.29 bits per heavy atom. The zero-order valence-electron chi connectivity index (χ0n) is 24.2. The Labute approximate surface area is 250 Å². The summed E-state index contributed by atoms with van der Waals surface area (Å²) in [6.07, 6.45) is 6.13. The molecule has 2 fully saturated rings. The van der Waals surface area contributed by atoms with Crippen molar-refractivity contribution >= 4 is 39.0 Å². The average Bonchev–Trinajstić information content (AvgIpc) is 3.65. The monoisotopic (exact) mass is 579 g/mol. The van der Waals surface area contributed by atoms with Crippen LogP contribution in [0.15, 0.2) is 60.2 Å². The fourth-order valence-electron chi connectivity index (χ4n) is 6.33. The maximum atomic E-state index is 6.42. The van der Waals surface area contributed by atoms with Crippen LogP contribution in [0, 0.1) is 6.92 Å². The molecule has 0 radical (unpaired) electrons. The summed E-state index contributed by atoms with van der Waals surface area (Å²) in [4.78, 5) is 18.9. The van der Waals surface area contributed by atoms with Gasteiger partial charge in [0.05, 0.1) is 17.1 Å². The average molecular weight is 580 g/mol. The highest BCUT2D eigenvalue weighted by Crippen LogP contribution is 2.37. The topological polar surface area (TPSA) is 101 Å². The molecule has 1 aliphatic heterocycles. The number of thiazole rings is 1. The maximum absolute atomic E-state index is 6.42. The lowest BCUT2D eigenvalue weighted by atomic mass is 9.90. The van der Waals surface area contributed by atoms with E-state index >= 15 is 0 Å². The molecule has 7 rings (SSSR count). The van der Waals surface area contributed by atoms with E-state index in [0.29, 0.717) is 17.9 Å². The molecule has 1 aliphatic carbocycles. The van der Waals surface area contributed by atoms with Crippen molar-refractivity contribution in [2.45, 2.75) is 44.7 Å². The van der Waals surface area contributed by atoms with E-state index in [1.54, 1.807) is 17.7 Å². The minimum atomic E-state index is 0.313. The highest BCUT2D eigenvalue weighted by atomic mass is 32.1. The second kappa shape index (κ2) is 11.4. The van der Waals surface area contributed by atoms with Crippen LogP contribution < -0.4 is 11.1 Å². The Morgan fingerprint density at radius 1 is 0.857 bits per heavy atom. The third kappa shape index (κ3) is 5.37. The van der Waals surface area contributed by atoms with Gasteiger partial charge < -0.3 is 16.0 Å². The summed E-state index contributed by atoms with van der Waals surface area (Å²) in [5, 5.41) is 12.4. The van der Waals surface area contributed by atoms with Crippen LogP contribution in [0.4, 0.5) is 16.6 Å². The van der Waals surface area contributed by atoms with Crippen LogP contribution in [0.25, 0.3) is 33.5 Å². The Kier molecular flexibility index (Phi) is 7.35. The lowest BCUT2D eigenvalue weighted by Gasteiger charge is -2.41. The standard InChI is InChI=1S/C32H37N9S/c1-21-3-5-22(6-4-21)27-19-42-32(37-27)36-24-9-7-23(8-10-24)29-28-30(33)34-20-35-31(28)41(38-29)26-13-11-25(12-14-26)40-17-15-39(2)16-18-40/h3-10,19-20,25-26H,11-18H2,1-2H3,(H,36,37)(H2,33,34,35)/t25-,26+. The molecule has 1 saturated heterocycles. The van der Waals surface area contributed by atoms with E-state index in [4.69, 9.17) is 15.8 Å². The smallest absolute Gasteiger partial charge is 0.187 e.